The van der Waals surface area contributed by atoms with Crippen LogP contribution < -0.4 is 0 Å². The van der Waals surface area contributed by atoms with Crippen LogP contribution in [-0.4, -0.2) is 5.97 Å². The van der Waals surface area contributed by atoms with Crippen LogP contribution in [0.25, 0.3) is 0 Å². The van der Waals surface area contributed by atoms with Crippen molar-refractivity contribution in [1.82, 2.24) is 0 Å². The molecule has 102 valence electrons. The van der Waals surface area contributed by atoms with Crippen molar-refractivity contribution in [3.8, 4) is 0 Å². The van der Waals surface area contributed by atoms with E-state index in [0.717, 1.165) is 18.4 Å². The largest absolute Gasteiger partial charge is 0.461 e. The summed E-state index contributed by atoms with van der Waals surface area (Å²) < 4.78 is 5.39. The van der Waals surface area contributed by atoms with Gasteiger partial charge in [-0.3, -0.25) is 4.79 Å². The Hall–Kier alpha value is -1.83. The smallest absolute Gasteiger partial charge is 0.309 e. The molecule has 19 heavy (non-hydrogen) atoms. The number of allylic oxidation sites excluding steroid dienone is 2. The second-order valence-electron chi connectivity index (χ2n) is 4.66. The van der Waals surface area contributed by atoms with Crippen LogP contribution in [0, 0.1) is 11.8 Å². The standard InChI is InChI=1S/C17H22O2/c1-4-6-12-16(14(3)5-2)17(18)19-13-15-10-8-7-9-11-15/h4-5,7-11,14,16H,1-2,6,12-13H2,3H3/t14-,16+/m1/s1. The van der Waals surface area contributed by atoms with Crippen molar-refractivity contribution >= 4 is 5.97 Å². The minimum Gasteiger partial charge on any atom is -0.461 e. The molecule has 0 aromatic heterocycles. The molecule has 0 spiro atoms. The van der Waals surface area contributed by atoms with E-state index in [2.05, 4.69) is 13.2 Å². The first-order chi connectivity index (χ1) is 9.19. The highest BCUT2D eigenvalue weighted by molar-refractivity contribution is 5.73. The van der Waals surface area contributed by atoms with Gasteiger partial charge in [-0.25, -0.2) is 0 Å². The first kappa shape index (κ1) is 15.2. The fourth-order valence-corrected chi connectivity index (χ4v) is 1.89. The lowest BCUT2D eigenvalue weighted by Crippen LogP contribution is -2.23. The van der Waals surface area contributed by atoms with Crippen LogP contribution in [0.2, 0.25) is 0 Å². The van der Waals surface area contributed by atoms with Crippen LogP contribution in [0.15, 0.2) is 55.6 Å². The number of esters is 1. The third-order valence-electron chi connectivity index (χ3n) is 3.21. The van der Waals surface area contributed by atoms with Crippen molar-refractivity contribution in [1.29, 1.82) is 0 Å². The van der Waals surface area contributed by atoms with Gasteiger partial charge in [0.2, 0.25) is 0 Å². The molecule has 0 amide bonds. The zero-order chi connectivity index (χ0) is 14.1. The van der Waals surface area contributed by atoms with Crippen LogP contribution >= 0.6 is 0 Å². The second-order valence-corrected chi connectivity index (χ2v) is 4.66. The highest BCUT2D eigenvalue weighted by Gasteiger charge is 2.23. The lowest BCUT2D eigenvalue weighted by atomic mass is 9.90. The molecule has 0 aliphatic heterocycles. The van der Waals surface area contributed by atoms with Gasteiger partial charge in [0.15, 0.2) is 0 Å². The van der Waals surface area contributed by atoms with Gasteiger partial charge in [-0.1, -0.05) is 49.4 Å². The summed E-state index contributed by atoms with van der Waals surface area (Å²) in [6.45, 7) is 9.77. The summed E-state index contributed by atoms with van der Waals surface area (Å²) in [5.41, 5.74) is 1.00. The fraction of sp³-hybridized carbons (Fsp3) is 0.353. The zero-order valence-corrected chi connectivity index (χ0v) is 11.5. The summed E-state index contributed by atoms with van der Waals surface area (Å²) in [6.07, 6.45) is 5.19. The van der Waals surface area contributed by atoms with Crippen molar-refractivity contribution in [2.45, 2.75) is 26.4 Å². The molecule has 0 aliphatic rings. The molecule has 0 saturated heterocycles. The Morgan fingerprint density at radius 2 is 2.00 bits per heavy atom. The van der Waals surface area contributed by atoms with Crippen molar-refractivity contribution in [3.63, 3.8) is 0 Å². The SMILES string of the molecule is C=CCC[C@H](C(=O)OCc1ccccc1)[C@H](C)C=C. The maximum absolute atomic E-state index is 12.1. The van der Waals surface area contributed by atoms with Crippen LogP contribution in [0.4, 0.5) is 0 Å². The summed E-state index contributed by atoms with van der Waals surface area (Å²) in [6, 6.07) is 9.71. The Morgan fingerprint density at radius 1 is 1.32 bits per heavy atom. The normalized spacial score (nSPS) is 13.3. The average Bonchev–Trinajstić information content (AvgIpc) is 2.46. The van der Waals surface area contributed by atoms with Gasteiger partial charge in [-0.2, -0.15) is 0 Å². The lowest BCUT2D eigenvalue weighted by Gasteiger charge is -2.19. The zero-order valence-electron chi connectivity index (χ0n) is 11.5. The van der Waals surface area contributed by atoms with Crippen molar-refractivity contribution in [2.24, 2.45) is 11.8 Å². The van der Waals surface area contributed by atoms with Gasteiger partial charge < -0.3 is 4.74 Å². The molecule has 1 aromatic carbocycles. The third kappa shape index (κ3) is 5.12. The molecule has 1 aromatic rings. The maximum Gasteiger partial charge on any atom is 0.309 e. The fourth-order valence-electron chi connectivity index (χ4n) is 1.89. The quantitative estimate of drug-likeness (QED) is 0.517. The highest BCUT2D eigenvalue weighted by atomic mass is 16.5. The predicted octanol–water partition coefficient (Wildman–Crippen LogP) is 4.13. The Labute approximate surface area is 115 Å². The van der Waals surface area contributed by atoms with Gasteiger partial charge in [0.05, 0.1) is 5.92 Å². The summed E-state index contributed by atoms with van der Waals surface area (Å²) in [5, 5.41) is 0. The molecule has 1 rings (SSSR count). The van der Waals surface area contributed by atoms with Crippen molar-refractivity contribution in [2.75, 3.05) is 0 Å². The molecule has 0 saturated carbocycles. The molecule has 2 nitrogen and oxygen atoms in total. The number of hydrogen-bond donors (Lipinski definition) is 0. The van der Waals surface area contributed by atoms with E-state index in [1.54, 1.807) is 6.08 Å². The average molecular weight is 258 g/mol. The molecule has 0 unspecified atom stereocenters. The molecular formula is C17H22O2. The first-order valence-electron chi connectivity index (χ1n) is 6.63. The Kier molecular flexibility index (Phi) is 6.65. The monoisotopic (exact) mass is 258 g/mol. The van der Waals surface area contributed by atoms with Crippen LogP contribution in [0.5, 0.6) is 0 Å². The summed E-state index contributed by atoms with van der Waals surface area (Å²) in [5.74, 6) is -0.180. The van der Waals surface area contributed by atoms with Gasteiger partial charge in [-0.15, -0.1) is 13.2 Å². The molecule has 2 heteroatoms. The summed E-state index contributed by atoms with van der Waals surface area (Å²) >= 11 is 0. The lowest BCUT2D eigenvalue weighted by molar-refractivity contribution is -0.151. The van der Waals surface area contributed by atoms with Crippen LogP contribution in [0.3, 0.4) is 0 Å². The topological polar surface area (TPSA) is 26.3 Å². The van der Waals surface area contributed by atoms with E-state index < -0.39 is 0 Å². The maximum atomic E-state index is 12.1. The molecule has 0 fully saturated rings. The van der Waals surface area contributed by atoms with E-state index in [0.29, 0.717) is 6.61 Å². The Morgan fingerprint density at radius 3 is 2.58 bits per heavy atom. The molecule has 0 N–H and O–H groups in total. The number of hydrogen-bond acceptors (Lipinski definition) is 2. The van der Waals surface area contributed by atoms with E-state index in [4.69, 9.17) is 4.74 Å². The number of rotatable bonds is 8. The van der Waals surface area contributed by atoms with E-state index in [1.165, 1.54) is 0 Å². The number of ether oxygens (including phenoxy) is 1. The van der Waals surface area contributed by atoms with Crippen LogP contribution in [-0.2, 0) is 16.1 Å². The minimum absolute atomic E-state index is 0.114. The highest BCUT2D eigenvalue weighted by Crippen LogP contribution is 2.21. The summed E-state index contributed by atoms with van der Waals surface area (Å²) in [4.78, 5) is 12.1. The summed E-state index contributed by atoms with van der Waals surface area (Å²) in [7, 11) is 0. The van der Waals surface area contributed by atoms with E-state index in [9.17, 15) is 4.79 Å². The Balaban J connectivity index is 2.56. The van der Waals surface area contributed by atoms with Crippen molar-refractivity contribution < 1.29 is 9.53 Å². The number of benzene rings is 1. The van der Waals surface area contributed by atoms with E-state index in [1.807, 2.05) is 43.3 Å². The molecule has 0 radical (unpaired) electrons. The van der Waals surface area contributed by atoms with Crippen molar-refractivity contribution in [3.05, 3.63) is 61.2 Å². The molecule has 0 heterocycles. The first-order valence-corrected chi connectivity index (χ1v) is 6.63. The van der Waals surface area contributed by atoms with E-state index in [-0.39, 0.29) is 17.8 Å². The molecule has 0 aliphatic carbocycles. The number of carbonyl (C=O) groups is 1. The Bertz CT molecular complexity index is 409. The third-order valence-corrected chi connectivity index (χ3v) is 3.21. The van der Waals surface area contributed by atoms with Gasteiger partial charge >= 0.3 is 5.97 Å². The molecular weight excluding hydrogens is 236 g/mol. The minimum atomic E-state index is -0.155. The second kappa shape index (κ2) is 8.30. The van der Waals surface area contributed by atoms with Gasteiger partial charge in [0.25, 0.3) is 0 Å². The molecule has 2 atom stereocenters. The van der Waals surface area contributed by atoms with Crippen LogP contribution in [0.1, 0.15) is 25.3 Å². The van der Waals surface area contributed by atoms with Gasteiger partial charge in [0.1, 0.15) is 6.61 Å². The van der Waals surface area contributed by atoms with Gasteiger partial charge in [-0.05, 0) is 24.3 Å². The number of carbonyl (C=O) groups excluding carboxylic acids is 1. The predicted molar refractivity (Wildman–Crippen MR) is 78.5 cm³/mol. The molecule has 0 bridgehead atoms. The van der Waals surface area contributed by atoms with Gasteiger partial charge in [0, 0.05) is 0 Å². The van der Waals surface area contributed by atoms with E-state index >= 15 is 0 Å².